The number of aryl methyl sites for hydroxylation is 1. The number of benzene rings is 2. The fourth-order valence-corrected chi connectivity index (χ4v) is 4.90. The van der Waals surface area contributed by atoms with E-state index in [2.05, 4.69) is 17.1 Å². The van der Waals surface area contributed by atoms with E-state index in [0.29, 0.717) is 53.2 Å². The van der Waals surface area contributed by atoms with E-state index in [1.807, 2.05) is 6.07 Å². The Balaban J connectivity index is 1.63. The first-order chi connectivity index (χ1) is 17.5. The number of rotatable bonds is 7. The van der Waals surface area contributed by atoms with Crippen LogP contribution in [0.15, 0.2) is 48.0 Å². The first-order valence-corrected chi connectivity index (χ1v) is 12.5. The Bertz CT molecular complexity index is 1350. The molecule has 1 fully saturated rings. The zero-order valence-corrected chi connectivity index (χ0v) is 20.7. The van der Waals surface area contributed by atoms with Crippen LogP contribution in [0.4, 0.5) is 5.13 Å². The van der Waals surface area contributed by atoms with Crippen molar-refractivity contribution in [1.82, 2.24) is 10.2 Å². The molecular weight excluding hydrogens is 482 g/mol. The second-order valence-electron chi connectivity index (χ2n) is 8.41. The zero-order chi connectivity index (χ0) is 25.2. The van der Waals surface area contributed by atoms with Crippen LogP contribution in [0.25, 0.3) is 5.76 Å². The van der Waals surface area contributed by atoms with Crippen molar-refractivity contribution >= 4 is 33.9 Å². The first kappa shape index (κ1) is 23.8. The number of fused-ring (bicyclic) bond motifs is 1. The topological polar surface area (TPSA) is 111 Å². The Labute approximate surface area is 211 Å². The van der Waals surface area contributed by atoms with Crippen LogP contribution in [0.1, 0.15) is 41.9 Å². The number of carbonyl (C=O) groups excluding carboxylic acids is 2. The molecule has 3 heterocycles. The number of carbonyl (C=O) groups is 2. The van der Waals surface area contributed by atoms with E-state index >= 15 is 0 Å². The molecular formula is C26H25N3O6S. The number of ketones is 1. The summed E-state index contributed by atoms with van der Waals surface area (Å²) in [5.74, 6) is -0.279. The summed E-state index contributed by atoms with van der Waals surface area (Å²) in [6.45, 7) is 5.20. The molecule has 1 aromatic heterocycles. The zero-order valence-electron chi connectivity index (χ0n) is 19.9. The molecule has 1 N–H and O–H groups in total. The molecule has 2 aromatic carbocycles. The van der Waals surface area contributed by atoms with Crippen molar-refractivity contribution in [2.75, 3.05) is 24.7 Å². The van der Waals surface area contributed by atoms with Crippen molar-refractivity contribution in [2.45, 2.75) is 32.7 Å². The average molecular weight is 508 g/mol. The molecule has 1 saturated heterocycles. The van der Waals surface area contributed by atoms with Crippen LogP contribution in [-0.4, -0.2) is 46.8 Å². The fraction of sp³-hybridized carbons (Fsp3) is 0.308. The number of hydrogen-bond acceptors (Lipinski definition) is 9. The lowest BCUT2D eigenvalue weighted by molar-refractivity contribution is -0.132. The number of anilines is 1. The number of ether oxygens (including phenoxy) is 3. The fourth-order valence-electron chi connectivity index (χ4n) is 4.18. The molecule has 5 rings (SSSR count). The lowest BCUT2D eigenvalue weighted by Crippen LogP contribution is -2.29. The largest absolute Gasteiger partial charge is 0.507 e. The predicted octanol–water partition coefficient (Wildman–Crippen LogP) is 4.42. The summed E-state index contributed by atoms with van der Waals surface area (Å²) < 4.78 is 17.1. The predicted molar refractivity (Wildman–Crippen MR) is 134 cm³/mol. The van der Waals surface area contributed by atoms with Gasteiger partial charge in [0, 0.05) is 5.56 Å². The van der Waals surface area contributed by atoms with Gasteiger partial charge >= 0.3 is 5.91 Å². The molecule has 1 atom stereocenters. The third-order valence-corrected chi connectivity index (χ3v) is 6.76. The van der Waals surface area contributed by atoms with Crippen LogP contribution in [0.5, 0.6) is 17.2 Å². The minimum absolute atomic E-state index is 0.0461. The quantitative estimate of drug-likeness (QED) is 0.217. The highest BCUT2D eigenvalue weighted by Crippen LogP contribution is 2.44. The molecule has 0 aliphatic carbocycles. The number of Topliss-reactive ketones (excluding diaryl/α,β-unsaturated/α-hetero) is 1. The van der Waals surface area contributed by atoms with Crippen LogP contribution >= 0.6 is 11.3 Å². The van der Waals surface area contributed by atoms with Crippen molar-refractivity contribution in [3.63, 3.8) is 0 Å². The number of unbranched alkanes of at least 4 members (excludes halogenated alkanes) is 1. The molecule has 3 aromatic rings. The monoisotopic (exact) mass is 507 g/mol. The Morgan fingerprint density at radius 3 is 2.69 bits per heavy atom. The van der Waals surface area contributed by atoms with Gasteiger partial charge in [0.05, 0.1) is 18.2 Å². The van der Waals surface area contributed by atoms with E-state index < -0.39 is 17.7 Å². The molecule has 2 aliphatic heterocycles. The minimum Gasteiger partial charge on any atom is -0.507 e. The second-order valence-corrected chi connectivity index (χ2v) is 9.57. The number of aliphatic hydroxyl groups excluding tert-OH is 1. The molecule has 9 nitrogen and oxygen atoms in total. The standard InChI is InChI=1S/C26H25N3O6S/c1-3-4-10-33-18-7-5-6-16(13-18)22-21(24(31)25(32)29(22)26-28-27-15(2)36-26)23(30)17-8-9-19-20(14-17)35-12-11-34-19/h5-9,13-14,22,30H,3-4,10-12H2,1-2H3. The summed E-state index contributed by atoms with van der Waals surface area (Å²) in [5, 5.41) is 20.4. The SMILES string of the molecule is CCCCOc1cccc(C2C(=C(O)c3ccc4c(c3)OCCO4)C(=O)C(=O)N2c2nnc(C)s2)c1. The summed E-state index contributed by atoms with van der Waals surface area (Å²) in [7, 11) is 0. The third kappa shape index (κ3) is 4.39. The first-order valence-electron chi connectivity index (χ1n) is 11.7. The van der Waals surface area contributed by atoms with Crippen LogP contribution in [0.2, 0.25) is 0 Å². The number of hydrogen-bond donors (Lipinski definition) is 1. The summed E-state index contributed by atoms with van der Waals surface area (Å²) in [5.41, 5.74) is 0.899. The summed E-state index contributed by atoms with van der Waals surface area (Å²) >= 11 is 1.20. The smallest absolute Gasteiger partial charge is 0.301 e. The highest BCUT2D eigenvalue weighted by molar-refractivity contribution is 7.15. The minimum atomic E-state index is -0.916. The van der Waals surface area contributed by atoms with Crippen LogP contribution in [0.3, 0.4) is 0 Å². The maximum absolute atomic E-state index is 13.3. The molecule has 0 radical (unpaired) electrons. The van der Waals surface area contributed by atoms with Crippen molar-refractivity contribution in [2.24, 2.45) is 0 Å². The van der Waals surface area contributed by atoms with E-state index in [4.69, 9.17) is 14.2 Å². The van der Waals surface area contributed by atoms with Gasteiger partial charge in [0.25, 0.3) is 5.78 Å². The Morgan fingerprint density at radius 1 is 1.14 bits per heavy atom. The van der Waals surface area contributed by atoms with Gasteiger partial charge < -0.3 is 19.3 Å². The number of nitrogens with zero attached hydrogens (tertiary/aromatic N) is 3. The Kier molecular flexibility index (Phi) is 6.60. The Morgan fingerprint density at radius 2 is 1.94 bits per heavy atom. The molecule has 0 saturated carbocycles. The average Bonchev–Trinajstić information content (AvgIpc) is 3.43. The van der Waals surface area contributed by atoms with Crippen molar-refractivity contribution in [1.29, 1.82) is 0 Å². The van der Waals surface area contributed by atoms with E-state index in [1.165, 1.54) is 16.2 Å². The van der Waals surface area contributed by atoms with E-state index in [-0.39, 0.29) is 16.5 Å². The van der Waals surface area contributed by atoms with Crippen molar-refractivity contribution in [3.8, 4) is 17.2 Å². The molecule has 2 aliphatic rings. The van der Waals surface area contributed by atoms with Gasteiger partial charge in [-0.05, 0) is 49.2 Å². The molecule has 10 heteroatoms. The summed E-state index contributed by atoms with van der Waals surface area (Å²) in [6.07, 6.45) is 1.89. The van der Waals surface area contributed by atoms with Crippen LogP contribution in [0, 0.1) is 6.92 Å². The van der Waals surface area contributed by atoms with E-state index in [1.54, 1.807) is 43.3 Å². The number of aromatic nitrogens is 2. The second kappa shape index (κ2) is 9.98. The van der Waals surface area contributed by atoms with Crippen molar-refractivity contribution < 1.29 is 28.9 Å². The molecule has 1 unspecified atom stereocenters. The van der Waals surface area contributed by atoms with E-state index in [9.17, 15) is 14.7 Å². The van der Waals surface area contributed by atoms with E-state index in [0.717, 1.165) is 12.8 Å². The maximum atomic E-state index is 13.3. The molecule has 36 heavy (non-hydrogen) atoms. The lowest BCUT2D eigenvalue weighted by Gasteiger charge is -2.23. The highest BCUT2D eigenvalue weighted by Gasteiger charge is 2.48. The van der Waals surface area contributed by atoms with Gasteiger partial charge in [-0.1, -0.05) is 36.8 Å². The molecule has 1 amide bonds. The van der Waals surface area contributed by atoms with Gasteiger partial charge in [-0.2, -0.15) is 0 Å². The van der Waals surface area contributed by atoms with Gasteiger partial charge in [-0.3, -0.25) is 14.5 Å². The maximum Gasteiger partial charge on any atom is 0.301 e. The Hall–Kier alpha value is -3.92. The number of aliphatic hydroxyl groups is 1. The number of amides is 1. The summed E-state index contributed by atoms with van der Waals surface area (Å²) in [4.78, 5) is 27.9. The van der Waals surface area contributed by atoms with Gasteiger partial charge in [0.2, 0.25) is 5.13 Å². The van der Waals surface area contributed by atoms with Crippen LogP contribution in [-0.2, 0) is 9.59 Å². The summed E-state index contributed by atoms with van der Waals surface area (Å²) in [6, 6.07) is 11.2. The van der Waals surface area contributed by atoms with Gasteiger partial charge in [-0.25, -0.2) is 0 Å². The van der Waals surface area contributed by atoms with Crippen LogP contribution < -0.4 is 19.1 Å². The van der Waals surface area contributed by atoms with Gasteiger partial charge in [-0.15, -0.1) is 10.2 Å². The molecule has 0 bridgehead atoms. The molecule has 186 valence electrons. The highest BCUT2D eigenvalue weighted by atomic mass is 32.1. The molecule has 0 spiro atoms. The normalized spacial score (nSPS) is 18.5. The third-order valence-electron chi connectivity index (χ3n) is 5.92. The van der Waals surface area contributed by atoms with Crippen molar-refractivity contribution in [3.05, 3.63) is 64.2 Å². The lowest BCUT2D eigenvalue weighted by atomic mass is 9.95. The van der Waals surface area contributed by atoms with Gasteiger partial charge in [0.15, 0.2) is 11.5 Å². The van der Waals surface area contributed by atoms with Gasteiger partial charge in [0.1, 0.15) is 29.7 Å².